The topological polar surface area (TPSA) is 161 Å². The van der Waals surface area contributed by atoms with Gasteiger partial charge in [-0.3, -0.25) is 9.80 Å². The number of likely N-dealkylation sites (tertiary alicyclic amines) is 2. The highest BCUT2D eigenvalue weighted by atomic mass is 16.5. The van der Waals surface area contributed by atoms with Gasteiger partial charge in [0.15, 0.2) is 6.04 Å². The van der Waals surface area contributed by atoms with Crippen molar-refractivity contribution in [2.45, 2.75) is 76.6 Å². The molecule has 4 fully saturated rings. The number of piperidine rings is 3. The zero-order valence-corrected chi connectivity index (χ0v) is 39.7. The van der Waals surface area contributed by atoms with Gasteiger partial charge in [-0.1, -0.05) is 30.3 Å². The Morgan fingerprint density at radius 3 is 2.50 bits per heavy atom. The fourth-order valence-electron chi connectivity index (χ4n) is 11.5. The number of fused-ring (bicyclic) bond motifs is 2. The van der Waals surface area contributed by atoms with Crippen molar-refractivity contribution in [3.8, 4) is 17.2 Å². The van der Waals surface area contributed by atoms with Crippen molar-refractivity contribution in [2.24, 2.45) is 13.0 Å². The number of carbonyl (C=O) groups is 1. The Labute approximate surface area is 398 Å². The molecule has 68 heavy (non-hydrogen) atoms. The van der Waals surface area contributed by atoms with Crippen LogP contribution < -0.4 is 10.2 Å². The average Bonchev–Trinajstić information content (AvgIpc) is 3.93. The SMILES string of the molecule is COCc1nc2ccc(-c3ccnc4c3cc([C@H](C)N3CCC(c5ccc(C[N+]6([O-])CCC(CN7CCN(c8ccc(NC9CCC[N+](=O)C9=O)cc8C#N)CC7)CC6)cc5)CC3)n4C)cc2[nH]1. The Balaban J connectivity index is 0.680. The molecule has 15 heteroatoms. The number of nitrogens with zero attached hydrogens (tertiary/aromatic N) is 9. The highest BCUT2D eigenvalue weighted by Crippen LogP contribution is 2.37. The van der Waals surface area contributed by atoms with E-state index in [0.717, 1.165) is 122 Å². The van der Waals surface area contributed by atoms with Crippen molar-refractivity contribution in [3.63, 3.8) is 0 Å². The third-order valence-electron chi connectivity index (χ3n) is 15.5. The molecule has 0 bridgehead atoms. The molecule has 354 valence electrons. The van der Waals surface area contributed by atoms with E-state index in [0.29, 0.717) is 66.9 Å². The molecule has 3 aromatic carbocycles. The fraction of sp³-hybridized carbons (Fsp3) is 0.472. The van der Waals surface area contributed by atoms with E-state index in [2.05, 4.69) is 109 Å². The second-order valence-corrected chi connectivity index (χ2v) is 19.8. The number of quaternary nitrogens is 1. The Morgan fingerprint density at radius 2 is 1.75 bits per heavy atom. The van der Waals surface area contributed by atoms with Gasteiger partial charge in [-0.2, -0.15) is 5.26 Å². The highest BCUT2D eigenvalue weighted by molar-refractivity contribution is 5.96. The molecule has 10 rings (SSSR count). The molecule has 0 radical (unpaired) electrons. The van der Waals surface area contributed by atoms with Crippen LogP contribution in [0.25, 0.3) is 33.2 Å². The molecule has 0 aliphatic carbocycles. The molecule has 1 unspecified atom stereocenters. The van der Waals surface area contributed by atoms with Crippen LogP contribution in [0.3, 0.4) is 0 Å². The molecule has 6 aromatic rings. The molecule has 4 aliphatic heterocycles. The number of nitrogens with one attached hydrogen (secondary N) is 2. The number of methoxy groups -OCH3 is 1. The minimum absolute atomic E-state index is 0.147. The lowest BCUT2D eigenvalue weighted by molar-refractivity contribution is -0.899. The summed E-state index contributed by atoms with van der Waals surface area (Å²) in [6.07, 6.45) is 7.26. The van der Waals surface area contributed by atoms with Gasteiger partial charge in [0.1, 0.15) is 30.7 Å². The smallest absolute Gasteiger partial charge is 0.454 e. The van der Waals surface area contributed by atoms with Crippen LogP contribution in [0.4, 0.5) is 11.4 Å². The zero-order valence-electron chi connectivity index (χ0n) is 39.7. The number of aromatic amines is 1. The molecule has 15 nitrogen and oxygen atoms in total. The number of hydroxylamine groups is 3. The summed E-state index contributed by atoms with van der Waals surface area (Å²) in [5, 5.41) is 28.4. The van der Waals surface area contributed by atoms with Gasteiger partial charge in [-0.15, -0.1) is 0 Å². The van der Waals surface area contributed by atoms with E-state index in [4.69, 9.17) is 9.72 Å². The van der Waals surface area contributed by atoms with E-state index in [1.807, 2.05) is 18.3 Å². The van der Waals surface area contributed by atoms with Gasteiger partial charge in [0, 0.05) is 106 Å². The molecule has 4 saturated heterocycles. The number of nitroso groups, excluding NO2 is 1. The van der Waals surface area contributed by atoms with Crippen LogP contribution in [-0.4, -0.2) is 123 Å². The first-order chi connectivity index (χ1) is 33.0. The summed E-state index contributed by atoms with van der Waals surface area (Å²) in [5.41, 5.74) is 11.1. The van der Waals surface area contributed by atoms with Gasteiger partial charge in [-0.05, 0) is 110 Å². The number of ether oxygens (including phenoxy) is 1. The Morgan fingerprint density at radius 1 is 0.971 bits per heavy atom. The summed E-state index contributed by atoms with van der Waals surface area (Å²) in [7, 11) is 3.82. The van der Waals surface area contributed by atoms with Crippen LogP contribution in [0.1, 0.15) is 85.6 Å². The molecule has 2 N–H and O–H groups in total. The summed E-state index contributed by atoms with van der Waals surface area (Å²) in [6, 6.07) is 27.5. The molecule has 2 atom stereocenters. The predicted molar refractivity (Wildman–Crippen MR) is 265 cm³/mol. The Hall–Kier alpha value is -6.02. The minimum atomic E-state index is -0.555. The van der Waals surface area contributed by atoms with Crippen molar-refractivity contribution in [1.29, 1.82) is 5.26 Å². The summed E-state index contributed by atoms with van der Waals surface area (Å²) >= 11 is 0. The number of hydrogen-bond donors (Lipinski definition) is 2. The largest absolute Gasteiger partial charge is 0.633 e. The highest BCUT2D eigenvalue weighted by Gasteiger charge is 2.37. The molecule has 0 saturated carbocycles. The monoisotopic (exact) mass is 919 g/mol. The third-order valence-corrected chi connectivity index (χ3v) is 15.5. The maximum absolute atomic E-state index is 14.0. The summed E-state index contributed by atoms with van der Waals surface area (Å²) < 4.78 is 7.93. The number of hydrogen-bond acceptors (Lipinski definition) is 11. The van der Waals surface area contributed by atoms with Crippen molar-refractivity contribution in [2.75, 3.05) is 82.8 Å². The molecular formula is C53H64N11O4+. The van der Waals surface area contributed by atoms with Crippen LogP contribution in [0.2, 0.25) is 0 Å². The van der Waals surface area contributed by atoms with Gasteiger partial charge in [0.2, 0.25) is 6.54 Å². The Kier molecular flexibility index (Phi) is 13.1. The lowest BCUT2D eigenvalue weighted by Crippen LogP contribution is -2.51. The van der Waals surface area contributed by atoms with E-state index in [1.54, 1.807) is 13.2 Å². The van der Waals surface area contributed by atoms with Gasteiger partial charge in [0.05, 0.1) is 40.1 Å². The number of piperazine rings is 1. The first kappa shape index (κ1) is 45.7. The molecule has 3 aromatic heterocycles. The number of rotatable bonds is 13. The first-order valence-electron chi connectivity index (χ1n) is 24.6. The minimum Gasteiger partial charge on any atom is -0.633 e. The zero-order chi connectivity index (χ0) is 46.9. The van der Waals surface area contributed by atoms with Crippen molar-refractivity contribution in [1.82, 2.24) is 29.3 Å². The summed E-state index contributed by atoms with van der Waals surface area (Å²) in [6.45, 7) is 11.4. The molecule has 0 spiro atoms. The summed E-state index contributed by atoms with van der Waals surface area (Å²) in [4.78, 5) is 44.4. The lowest BCUT2D eigenvalue weighted by atomic mass is 9.88. The number of H-pyrrole nitrogens is 1. The number of nitriles is 1. The lowest BCUT2D eigenvalue weighted by Gasteiger charge is -2.48. The number of anilines is 2. The summed E-state index contributed by atoms with van der Waals surface area (Å²) in [5.74, 6) is 1.39. The maximum atomic E-state index is 14.0. The van der Waals surface area contributed by atoms with Crippen LogP contribution in [0.5, 0.6) is 0 Å². The number of imidazole rings is 1. The van der Waals surface area contributed by atoms with E-state index < -0.39 is 11.9 Å². The Bertz CT molecular complexity index is 2820. The second-order valence-electron chi connectivity index (χ2n) is 19.8. The molecule has 4 aliphatic rings. The van der Waals surface area contributed by atoms with Crippen molar-refractivity contribution in [3.05, 3.63) is 117 Å². The predicted octanol–water partition coefficient (Wildman–Crippen LogP) is 8.00. The first-order valence-corrected chi connectivity index (χ1v) is 24.6. The van der Waals surface area contributed by atoms with Crippen molar-refractivity contribution < 1.29 is 18.9 Å². The molecule has 1 amide bonds. The average molecular weight is 919 g/mol. The van der Waals surface area contributed by atoms with Crippen LogP contribution in [-0.2, 0) is 29.7 Å². The third kappa shape index (κ3) is 9.53. The van der Waals surface area contributed by atoms with Crippen LogP contribution >= 0.6 is 0 Å². The molecule has 7 heterocycles. The quantitative estimate of drug-likeness (QED) is 0.0656. The second kappa shape index (κ2) is 19.5. The number of benzene rings is 3. The maximum Gasteiger partial charge on any atom is 0.454 e. The van der Waals surface area contributed by atoms with Crippen molar-refractivity contribution >= 4 is 39.3 Å². The standard InChI is InChI=1S/C53H64N11O4/c1-36(50-31-45-44(14-19-55-52(45)59(50)2)41-10-12-46-48(30-41)58-51(57-46)35-68-3)61-21-15-40(16-22-61)39-8-6-38(7-9-39)34-64(67)27-17-37(18-28-64)33-60-23-25-62(26-24-60)49-13-11-43(29-42(49)32-54)56-47-5-4-20-63(66)53(47)65/h6-14,19,29-31,36-37,40,47,56H,4-5,15-18,20-28,33-35H2,1-3H3,(H,57,58)/q+1/t36-,37?,47?,64?/m0/s1. The van der Waals surface area contributed by atoms with E-state index in [9.17, 15) is 20.2 Å². The van der Waals surface area contributed by atoms with Gasteiger partial charge >= 0.3 is 5.91 Å². The number of amides is 1. The van der Waals surface area contributed by atoms with Gasteiger partial charge in [0.25, 0.3) is 0 Å². The van der Waals surface area contributed by atoms with E-state index in [1.165, 1.54) is 11.3 Å². The number of carbonyl (C=O) groups excluding carboxylic acids is 1. The number of aryl methyl sites for hydroxylation is 1. The van der Waals surface area contributed by atoms with Crippen LogP contribution in [0, 0.1) is 27.4 Å². The molecular weight excluding hydrogens is 855 g/mol. The van der Waals surface area contributed by atoms with E-state index >= 15 is 0 Å². The van der Waals surface area contributed by atoms with Gasteiger partial charge in [-0.25, -0.2) is 14.8 Å². The van der Waals surface area contributed by atoms with Crippen LogP contribution in [0.15, 0.2) is 79.0 Å². The fourth-order valence-corrected chi connectivity index (χ4v) is 11.5. The normalized spacial score (nSPS) is 22.8. The van der Waals surface area contributed by atoms with E-state index in [-0.39, 0.29) is 17.2 Å². The van der Waals surface area contributed by atoms with Gasteiger partial charge < -0.3 is 34.4 Å². The number of aromatic nitrogens is 4. The number of pyridine rings is 1.